The van der Waals surface area contributed by atoms with Crippen LogP contribution >= 0.6 is 11.8 Å². The van der Waals surface area contributed by atoms with Crippen molar-refractivity contribution in [1.82, 2.24) is 10.6 Å². The van der Waals surface area contributed by atoms with Gasteiger partial charge in [-0.2, -0.15) is 11.8 Å². The van der Waals surface area contributed by atoms with Gasteiger partial charge in [0.15, 0.2) is 0 Å². The lowest BCUT2D eigenvalue weighted by molar-refractivity contribution is -0.123. The Morgan fingerprint density at radius 3 is 2.82 bits per heavy atom. The zero-order valence-corrected chi connectivity index (χ0v) is 11.0. The maximum Gasteiger partial charge on any atom is 0.238 e. The molecule has 1 aliphatic carbocycles. The molecule has 0 radical (unpaired) electrons. The van der Waals surface area contributed by atoms with Gasteiger partial charge in [-0.15, -0.1) is 0 Å². The van der Waals surface area contributed by atoms with Crippen LogP contribution in [-0.2, 0) is 4.79 Å². The molecule has 0 aromatic rings. The number of aliphatic hydroxyl groups excluding tert-OH is 1. The van der Waals surface area contributed by atoms with Crippen LogP contribution in [0, 0.1) is 5.41 Å². The number of carbonyl (C=O) groups is 1. The lowest BCUT2D eigenvalue weighted by Gasteiger charge is -2.29. The number of hydrogen-bond donors (Lipinski definition) is 3. The maximum atomic E-state index is 11.9. The molecule has 0 bridgehead atoms. The highest BCUT2D eigenvalue weighted by Gasteiger charge is 2.34. The Labute approximate surface area is 107 Å². The summed E-state index contributed by atoms with van der Waals surface area (Å²) in [6.45, 7) is 1.74. The van der Waals surface area contributed by atoms with Gasteiger partial charge in [0.25, 0.3) is 0 Å². The number of aliphatic hydroxyl groups is 1. The minimum atomic E-state index is -0.0501. The fourth-order valence-electron chi connectivity index (χ4n) is 2.65. The molecular weight excluding hydrogens is 236 g/mol. The van der Waals surface area contributed by atoms with Gasteiger partial charge in [0, 0.05) is 30.0 Å². The van der Waals surface area contributed by atoms with E-state index in [1.54, 1.807) is 0 Å². The molecule has 4 nitrogen and oxygen atoms in total. The molecule has 1 aliphatic heterocycles. The topological polar surface area (TPSA) is 61.4 Å². The Bertz CT molecular complexity index is 261. The molecule has 5 heteroatoms. The summed E-state index contributed by atoms with van der Waals surface area (Å²) in [5, 5.41) is 15.7. The van der Waals surface area contributed by atoms with E-state index in [4.69, 9.17) is 0 Å². The number of thioether (sulfide) groups is 1. The Hall–Kier alpha value is -0.260. The van der Waals surface area contributed by atoms with Gasteiger partial charge in [-0.3, -0.25) is 4.79 Å². The van der Waals surface area contributed by atoms with Crippen LogP contribution in [-0.4, -0.2) is 48.3 Å². The number of carbonyl (C=O) groups excluding carboxylic acids is 1. The molecule has 1 saturated heterocycles. The highest BCUT2D eigenvalue weighted by Crippen LogP contribution is 2.36. The number of amides is 1. The van der Waals surface area contributed by atoms with E-state index in [9.17, 15) is 9.90 Å². The summed E-state index contributed by atoms with van der Waals surface area (Å²) in [6, 6.07) is -0.0501. The summed E-state index contributed by atoms with van der Waals surface area (Å²) < 4.78 is 0. The summed E-state index contributed by atoms with van der Waals surface area (Å²) in [4.78, 5) is 11.9. The van der Waals surface area contributed by atoms with Gasteiger partial charge in [0.1, 0.15) is 0 Å². The van der Waals surface area contributed by atoms with Crippen LogP contribution in [0.5, 0.6) is 0 Å². The van der Waals surface area contributed by atoms with Gasteiger partial charge >= 0.3 is 0 Å². The number of hydrogen-bond acceptors (Lipinski definition) is 4. The second-order valence-corrected chi connectivity index (χ2v) is 6.31. The molecule has 0 spiro atoms. The zero-order valence-electron chi connectivity index (χ0n) is 10.2. The molecule has 1 unspecified atom stereocenters. The Morgan fingerprint density at radius 2 is 2.24 bits per heavy atom. The minimum absolute atomic E-state index is 0.0442. The van der Waals surface area contributed by atoms with E-state index in [0.29, 0.717) is 6.54 Å². The SMILES string of the molecule is O=C(NCC1(CO)CCCC1)C1CSCCN1. The minimum Gasteiger partial charge on any atom is -0.396 e. The molecule has 17 heavy (non-hydrogen) atoms. The monoisotopic (exact) mass is 258 g/mol. The summed E-state index contributed by atoms with van der Waals surface area (Å²) in [7, 11) is 0. The Kier molecular flexibility index (Phi) is 4.70. The van der Waals surface area contributed by atoms with Crippen LogP contribution in [0.15, 0.2) is 0 Å². The van der Waals surface area contributed by atoms with E-state index >= 15 is 0 Å². The largest absolute Gasteiger partial charge is 0.396 e. The average molecular weight is 258 g/mol. The first kappa shape index (κ1) is 13.2. The predicted molar refractivity (Wildman–Crippen MR) is 70.1 cm³/mol. The third-order valence-electron chi connectivity index (χ3n) is 3.88. The molecule has 1 atom stereocenters. The molecule has 1 heterocycles. The van der Waals surface area contributed by atoms with Crippen molar-refractivity contribution in [2.45, 2.75) is 31.7 Å². The van der Waals surface area contributed by atoms with Crippen molar-refractivity contribution in [2.75, 3.05) is 31.2 Å². The van der Waals surface area contributed by atoms with E-state index in [2.05, 4.69) is 10.6 Å². The summed E-state index contributed by atoms with van der Waals surface area (Å²) in [5.41, 5.74) is -0.0442. The Morgan fingerprint density at radius 1 is 1.47 bits per heavy atom. The van der Waals surface area contributed by atoms with Crippen LogP contribution in [0.1, 0.15) is 25.7 Å². The predicted octanol–water partition coefficient (Wildman–Crippen LogP) is 0.360. The van der Waals surface area contributed by atoms with Gasteiger partial charge in [0.05, 0.1) is 12.6 Å². The van der Waals surface area contributed by atoms with Crippen LogP contribution in [0.25, 0.3) is 0 Å². The number of nitrogens with one attached hydrogen (secondary N) is 2. The first-order valence-electron chi connectivity index (χ1n) is 6.45. The van der Waals surface area contributed by atoms with Crippen molar-refractivity contribution in [3.8, 4) is 0 Å². The van der Waals surface area contributed by atoms with Gasteiger partial charge < -0.3 is 15.7 Å². The number of rotatable bonds is 4. The van der Waals surface area contributed by atoms with Crippen molar-refractivity contribution < 1.29 is 9.90 Å². The molecule has 1 saturated carbocycles. The van der Waals surface area contributed by atoms with Crippen LogP contribution < -0.4 is 10.6 Å². The van der Waals surface area contributed by atoms with E-state index in [1.807, 2.05) is 11.8 Å². The van der Waals surface area contributed by atoms with Crippen LogP contribution in [0.2, 0.25) is 0 Å². The van der Waals surface area contributed by atoms with Crippen molar-refractivity contribution in [1.29, 1.82) is 0 Å². The third-order valence-corrected chi connectivity index (χ3v) is 4.94. The van der Waals surface area contributed by atoms with E-state index < -0.39 is 0 Å². The molecule has 3 N–H and O–H groups in total. The summed E-state index contributed by atoms with van der Waals surface area (Å²) in [5.74, 6) is 2.04. The molecule has 0 aromatic heterocycles. The third kappa shape index (κ3) is 3.36. The summed E-state index contributed by atoms with van der Waals surface area (Å²) in [6.07, 6.45) is 4.43. The first-order chi connectivity index (χ1) is 8.26. The van der Waals surface area contributed by atoms with Crippen molar-refractivity contribution in [2.24, 2.45) is 5.41 Å². The van der Waals surface area contributed by atoms with Crippen LogP contribution in [0.4, 0.5) is 0 Å². The van der Waals surface area contributed by atoms with Gasteiger partial charge in [-0.05, 0) is 12.8 Å². The van der Waals surface area contributed by atoms with Crippen LogP contribution in [0.3, 0.4) is 0 Å². The van der Waals surface area contributed by atoms with E-state index in [1.165, 1.54) is 12.8 Å². The first-order valence-corrected chi connectivity index (χ1v) is 7.61. The normalized spacial score (nSPS) is 27.9. The molecule has 0 aromatic carbocycles. The van der Waals surface area contributed by atoms with Gasteiger partial charge in [-0.1, -0.05) is 12.8 Å². The lowest BCUT2D eigenvalue weighted by Crippen LogP contribution is -2.51. The van der Waals surface area contributed by atoms with Gasteiger partial charge in [-0.25, -0.2) is 0 Å². The smallest absolute Gasteiger partial charge is 0.238 e. The molecule has 2 aliphatic rings. The fourth-order valence-corrected chi connectivity index (χ4v) is 3.58. The lowest BCUT2D eigenvalue weighted by atomic mass is 9.87. The second-order valence-electron chi connectivity index (χ2n) is 5.16. The molecule has 98 valence electrons. The molecule has 1 amide bonds. The van der Waals surface area contributed by atoms with Gasteiger partial charge in [0.2, 0.25) is 5.91 Å². The highest BCUT2D eigenvalue weighted by molar-refractivity contribution is 7.99. The Balaban J connectivity index is 1.78. The fraction of sp³-hybridized carbons (Fsp3) is 0.917. The highest BCUT2D eigenvalue weighted by atomic mass is 32.2. The molecule has 2 fully saturated rings. The molecule has 2 rings (SSSR count). The summed E-state index contributed by atoms with van der Waals surface area (Å²) >= 11 is 1.82. The maximum absolute atomic E-state index is 11.9. The average Bonchev–Trinajstić information content (AvgIpc) is 2.86. The van der Waals surface area contributed by atoms with Crippen molar-refractivity contribution >= 4 is 17.7 Å². The quantitative estimate of drug-likeness (QED) is 0.681. The second kappa shape index (κ2) is 6.07. The van der Waals surface area contributed by atoms with Crippen molar-refractivity contribution in [3.63, 3.8) is 0 Å². The zero-order chi connectivity index (χ0) is 12.1. The van der Waals surface area contributed by atoms with E-state index in [-0.39, 0.29) is 24.0 Å². The van der Waals surface area contributed by atoms with Crippen molar-refractivity contribution in [3.05, 3.63) is 0 Å². The molecular formula is C12H22N2O2S. The standard InChI is InChI=1S/C12H22N2O2S/c15-9-12(3-1-2-4-12)8-14-11(16)10-7-17-6-5-13-10/h10,13,15H,1-9H2,(H,14,16). The van der Waals surface area contributed by atoms with E-state index in [0.717, 1.165) is 30.9 Å².